The summed E-state index contributed by atoms with van der Waals surface area (Å²) in [6, 6.07) is 3.89. The molecule has 2 heterocycles. The van der Waals surface area contributed by atoms with Crippen LogP contribution in [-0.4, -0.2) is 35.9 Å². The van der Waals surface area contributed by atoms with E-state index in [1.54, 1.807) is 6.20 Å². The van der Waals surface area contributed by atoms with Gasteiger partial charge in [-0.1, -0.05) is 13.0 Å². The second kappa shape index (κ2) is 6.28. The average Bonchev–Trinajstić information content (AvgIpc) is 2.46. The summed E-state index contributed by atoms with van der Waals surface area (Å²) < 4.78 is 0. The summed E-state index contributed by atoms with van der Waals surface area (Å²) in [6.45, 7) is 5.40. The van der Waals surface area contributed by atoms with E-state index in [9.17, 15) is 0 Å². The molecular weight excluding hydrogens is 228 g/mol. The zero-order chi connectivity index (χ0) is 12.8. The predicted molar refractivity (Wildman–Crippen MR) is 72.4 cm³/mol. The number of aliphatic imine (C=N–C) groups is 1. The Balaban J connectivity index is 2.06. The maximum atomic E-state index is 4.87. The molecule has 0 unspecified atom stereocenters. The van der Waals surface area contributed by atoms with Crippen molar-refractivity contribution in [1.82, 2.24) is 9.88 Å². The summed E-state index contributed by atoms with van der Waals surface area (Å²) in [7, 11) is 0. The fourth-order valence-corrected chi connectivity index (χ4v) is 1.97. The van der Waals surface area contributed by atoms with Crippen LogP contribution in [0.1, 0.15) is 19.0 Å². The van der Waals surface area contributed by atoms with Crippen molar-refractivity contribution >= 4 is 17.7 Å². The highest BCUT2D eigenvalue weighted by Gasteiger charge is 2.11. The Labute approximate surface area is 107 Å². The number of pyridine rings is 1. The molecule has 0 spiro atoms. The molecule has 0 amide bonds. The van der Waals surface area contributed by atoms with Gasteiger partial charge in [0.15, 0.2) is 0 Å². The lowest BCUT2D eigenvalue weighted by Gasteiger charge is -2.24. The Bertz CT molecular complexity index is 439. The summed E-state index contributed by atoms with van der Waals surface area (Å²) in [5.41, 5.74) is 3.07. The SMILES string of the molecule is CCN1CC=C(c2ccc(/N=C\ON)cn2)CC1. The molecule has 96 valence electrons. The molecule has 1 aliphatic heterocycles. The van der Waals surface area contributed by atoms with Crippen LogP contribution < -0.4 is 5.90 Å². The Morgan fingerprint density at radius 2 is 2.44 bits per heavy atom. The Kier molecular flexibility index (Phi) is 4.44. The van der Waals surface area contributed by atoms with Crippen molar-refractivity contribution in [2.75, 3.05) is 19.6 Å². The van der Waals surface area contributed by atoms with Crippen LogP contribution in [-0.2, 0) is 4.84 Å². The summed E-state index contributed by atoms with van der Waals surface area (Å²) in [5, 5.41) is 0. The minimum atomic E-state index is 0.732. The van der Waals surface area contributed by atoms with Gasteiger partial charge in [-0.15, -0.1) is 0 Å². The van der Waals surface area contributed by atoms with Gasteiger partial charge >= 0.3 is 0 Å². The van der Waals surface area contributed by atoms with Gasteiger partial charge in [-0.05, 0) is 30.7 Å². The first-order chi connectivity index (χ1) is 8.83. The summed E-state index contributed by atoms with van der Waals surface area (Å²) in [5.74, 6) is 4.87. The van der Waals surface area contributed by atoms with E-state index in [0.717, 1.165) is 37.4 Å². The van der Waals surface area contributed by atoms with Crippen LogP contribution in [0.15, 0.2) is 29.4 Å². The summed E-state index contributed by atoms with van der Waals surface area (Å²) in [6.07, 6.45) is 6.21. The van der Waals surface area contributed by atoms with Gasteiger partial charge < -0.3 is 4.84 Å². The van der Waals surface area contributed by atoms with Crippen LogP contribution in [0.2, 0.25) is 0 Å². The highest BCUT2D eigenvalue weighted by Crippen LogP contribution is 2.22. The maximum Gasteiger partial charge on any atom is 0.201 e. The lowest BCUT2D eigenvalue weighted by Crippen LogP contribution is -2.28. The molecule has 18 heavy (non-hydrogen) atoms. The van der Waals surface area contributed by atoms with Gasteiger partial charge in [0.2, 0.25) is 6.40 Å². The zero-order valence-electron chi connectivity index (χ0n) is 10.5. The van der Waals surface area contributed by atoms with Gasteiger partial charge in [0, 0.05) is 13.1 Å². The van der Waals surface area contributed by atoms with Crippen LogP contribution in [0.3, 0.4) is 0 Å². The molecular formula is C13H18N4O. The zero-order valence-corrected chi connectivity index (χ0v) is 10.5. The van der Waals surface area contributed by atoms with E-state index in [-0.39, 0.29) is 0 Å². The number of hydrogen-bond donors (Lipinski definition) is 1. The topological polar surface area (TPSA) is 63.7 Å². The van der Waals surface area contributed by atoms with Crippen LogP contribution in [0.5, 0.6) is 0 Å². The molecule has 1 aromatic rings. The van der Waals surface area contributed by atoms with Crippen molar-refractivity contribution in [3.8, 4) is 0 Å². The van der Waals surface area contributed by atoms with Gasteiger partial charge in [-0.2, -0.15) is 5.90 Å². The Hall–Kier alpha value is -1.72. The second-order valence-electron chi connectivity index (χ2n) is 4.14. The second-order valence-corrected chi connectivity index (χ2v) is 4.14. The van der Waals surface area contributed by atoms with E-state index < -0.39 is 0 Å². The number of aromatic nitrogens is 1. The molecule has 5 heteroatoms. The van der Waals surface area contributed by atoms with Gasteiger partial charge in [-0.3, -0.25) is 9.88 Å². The molecule has 0 fully saturated rings. The largest absolute Gasteiger partial charge is 0.399 e. The highest BCUT2D eigenvalue weighted by molar-refractivity contribution is 5.65. The fraction of sp³-hybridized carbons (Fsp3) is 0.385. The molecule has 0 bridgehead atoms. The van der Waals surface area contributed by atoms with E-state index in [2.05, 4.69) is 32.7 Å². The molecule has 0 aliphatic carbocycles. The van der Waals surface area contributed by atoms with Crippen LogP contribution in [0.25, 0.3) is 5.57 Å². The van der Waals surface area contributed by atoms with E-state index in [0.29, 0.717) is 0 Å². The molecule has 2 rings (SSSR count). The third-order valence-corrected chi connectivity index (χ3v) is 3.08. The van der Waals surface area contributed by atoms with E-state index in [1.165, 1.54) is 12.0 Å². The number of nitrogens with two attached hydrogens (primary N) is 1. The lowest BCUT2D eigenvalue weighted by molar-refractivity contribution is 0.318. The summed E-state index contributed by atoms with van der Waals surface area (Å²) in [4.78, 5) is 15.1. The molecule has 2 N–H and O–H groups in total. The summed E-state index contributed by atoms with van der Waals surface area (Å²) >= 11 is 0. The number of likely N-dealkylation sites (N-methyl/N-ethyl adjacent to an activating group) is 1. The van der Waals surface area contributed by atoms with Crippen molar-refractivity contribution in [1.29, 1.82) is 0 Å². The fourth-order valence-electron chi connectivity index (χ4n) is 1.97. The van der Waals surface area contributed by atoms with Gasteiger partial charge in [0.05, 0.1) is 17.6 Å². The van der Waals surface area contributed by atoms with Crippen molar-refractivity contribution in [2.24, 2.45) is 10.9 Å². The van der Waals surface area contributed by atoms with Gasteiger partial charge in [0.25, 0.3) is 0 Å². The molecule has 0 radical (unpaired) electrons. The van der Waals surface area contributed by atoms with Crippen molar-refractivity contribution in [3.05, 3.63) is 30.1 Å². The molecule has 5 nitrogen and oxygen atoms in total. The first-order valence-electron chi connectivity index (χ1n) is 6.09. The van der Waals surface area contributed by atoms with Crippen molar-refractivity contribution in [2.45, 2.75) is 13.3 Å². The quantitative estimate of drug-likeness (QED) is 0.499. The monoisotopic (exact) mass is 246 g/mol. The van der Waals surface area contributed by atoms with Gasteiger partial charge in [0.1, 0.15) is 0 Å². The van der Waals surface area contributed by atoms with Gasteiger partial charge in [-0.25, -0.2) is 4.99 Å². The Morgan fingerprint density at radius 1 is 1.56 bits per heavy atom. The highest BCUT2D eigenvalue weighted by atomic mass is 16.6. The van der Waals surface area contributed by atoms with Crippen molar-refractivity contribution in [3.63, 3.8) is 0 Å². The average molecular weight is 246 g/mol. The molecule has 1 aliphatic rings. The molecule has 0 aromatic carbocycles. The normalized spacial score (nSPS) is 16.9. The lowest BCUT2D eigenvalue weighted by atomic mass is 10.0. The third-order valence-electron chi connectivity index (χ3n) is 3.08. The number of nitrogens with zero attached hydrogens (tertiary/aromatic N) is 3. The smallest absolute Gasteiger partial charge is 0.201 e. The Morgan fingerprint density at radius 3 is 3.00 bits per heavy atom. The van der Waals surface area contributed by atoms with E-state index in [4.69, 9.17) is 5.90 Å². The predicted octanol–water partition coefficient (Wildman–Crippen LogP) is 1.74. The third kappa shape index (κ3) is 3.15. The molecule has 1 aromatic heterocycles. The molecule has 0 saturated heterocycles. The standard InChI is InChI=1S/C13H18N4O/c1-2-17-7-5-11(6-8-17)13-4-3-12(9-15-13)16-10-18-14/h3-5,9-10H,2,6-8,14H2,1H3/b16-10-. The molecule has 0 atom stereocenters. The van der Waals surface area contributed by atoms with E-state index >= 15 is 0 Å². The molecule has 0 saturated carbocycles. The van der Waals surface area contributed by atoms with Crippen LogP contribution in [0, 0.1) is 0 Å². The van der Waals surface area contributed by atoms with Crippen LogP contribution in [0.4, 0.5) is 5.69 Å². The number of hydrogen-bond acceptors (Lipinski definition) is 5. The minimum Gasteiger partial charge on any atom is -0.399 e. The first-order valence-corrected chi connectivity index (χ1v) is 6.09. The minimum absolute atomic E-state index is 0.732. The van der Waals surface area contributed by atoms with E-state index in [1.807, 2.05) is 12.1 Å². The van der Waals surface area contributed by atoms with Crippen molar-refractivity contribution < 1.29 is 4.84 Å². The first kappa shape index (κ1) is 12.7. The maximum absolute atomic E-state index is 4.87. The number of rotatable bonds is 4. The van der Waals surface area contributed by atoms with Crippen LogP contribution >= 0.6 is 0 Å².